The molecule has 0 spiro atoms. The maximum absolute atomic E-state index is 6.37. The maximum Gasteiger partial charge on any atom is 0.161 e. The average molecular weight is 366 g/mol. The molecular weight excluding hydrogens is 348 g/mol. The molecule has 4 aromatic rings. The van der Waals surface area contributed by atoms with Crippen LogP contribution in [0.2, 0.25) is 0 Å². The van der Waals surface area contributed by atoms with Crippen LogP contribution in [0.3, 0.4) is 0 Å². The number of nitrogens with two attached hydrogens (primary N) is 1. The zero-order chi connectivity index (χ0) is 18.1. The van der Waals surface area contributed by atoms with Crippen LogP contribution in [0.5, 0.6) is 11.5 Å². The quantitative estimate of drug-likeness (QED) is 0.585. The van der Waals surface area contributed by atoms with E-state index in [0.29, 0.717) is 11.5 Å². The first-order valence-electron chi connectivity index (χ1n) is 8.07. The molecule has 0 aliphatic carbocycles. The van der Waals surface area contributed by atoms with Gasteiger partial charge in [0.2, 0.25) is 0 Å². The molecule has 6 nitrogen and oxygen atoms in total. The molecule has 2 N–H and O–H groups in total. The minimum Gasteiger partial charge on any atom is -0.493 e. The van der Waals surface area contributed by atoms with E-state index in [1.54, 1.807) is 31.8 Å². The Morgan fingerprint density at radius 3 is 2.65 bits per heavy atom. The van der Waals surface area contributed by atoms with Gasteiger partial charge in [-0.05, 0) is 41.8 Å². The standard InChI is InChI=1S/C19H18N4O2S/c1-24-15-7-5-12(10-16(15)25-2)14-11-21-18-8-6-13(22-23(14)18)19(20)17-4-3-9-26-17/h3-11,19H,20H2,1-2H3. The van der Waals surface area contributed by atoms with Crippen molar-refractivity contribution in [1.29, 1.82) is 0 Å². The molecule has 0 aliphatic rings. The number of benzene rings is 1. The van der Waals surface area contributed by atoms with Crippen LogP contribution in [0, 0.1) is 0 Å². The second-order valence-electron chi connectivity index (χ2n) is 5.73. The number of fused-ring (bicyclic) bond motifs is 1. The Kier molecular flexibility index (Phi) is 4.32. The molecular formula is C19H18N4O2S. The number of aromatic nitrogens is 3. The number of methoxy groups -OCH3 is 2. The van der Waals surface area contributed by atoms with Crippen LogP contribution in [0.25, 0.3) is 16.9 Å². The summed E-state index contributed by atoms with van der Waals surface area (Å²) in [6.07, 6.45) is 1.80. The Bertz CT molecular complexity index is 1040. The smallest absolute Gasteiger partial charge is 0.161 e. The second-order valence-corrected chi connectivity index (χ2v) is 6.71. The Labute approximate surface area is 154 Å². The van der Waals surface area contributed by atoms with Crippen molar-refractivity contribution in [3.63, 3.8) is 0 Å². The molecule has 0 aliphatic heterocycles. The van der Waals surface area contributed by atoms with Gasteiger partial charge < -0.3 is 15.2 Å². The molecule has 0 bridgehead atoms. The molecule has 0 fully saturated rings. The van der Waals surface area contributed by atoms with Crippen LogP contribution in [-0.2, 0) is 0 Å². The van der Waals surface area contributed by atoms with E-state index in [-0.39, 0.29) is 6.04 Å². The number of ether oxygens (including phenoxy) is 2. The van der Waals surface area contributed by atoms with Crippen molar-refractivity contribution < 1.29 is 9.47 Å². The predicted octanol–water partition coefficient (Wildman–Crippen LogP) is 3.52. The van der Waals surface area contributed by atoms with E-state index in [4.69, 9.17) is 20.3 Å². The van der Waals surface area contributed by atoms with Crippen molar-refractivity contribution in [3.8, 4) is 22.8 Å². The number of thiophene rings is 1. The number of rotatable bonds is 5. The van der Waals surface area contributed by atoms with Gasteiger partial charge in [-0.3, -0.25) is 0 Å². The van der Waals surface area contributed by atoms with Gasteiger partial charge in [-0.25, -0.2) is 9.50 Å². The topological polar surface area (TPSA) is 74.7 Å². The van der Waals surface area contributed by atoms with E-state index in [9.17, 15) is 0 Å². The predicted molar refractivity (Wildman–Crippen MR) is 102 cm³/mol. The Balaban J connectivity index is 1.80. The summed E-state index contributed by atoms with van der Waals surface area (Å²) >= 11 is 1.62. The molecule has 0 saturated heterocycles. The molecule has 0 saturated carbocycles. The summed E-state index contributed by atoms with van der Waals surface area (Å²) in [4.78, 5) is 5.52. The van der Waals surface area contributed by atoms with Gasteiger partial charge in [0.25, 0.3) is 0 Å². The fourth-order valence-electron chi connectivity index (χ4n) is 2.86. The lowest BCUT2D eigenvalue weighted by atomic mass is 10.1. The van der Waals surface area contributed by atoms with Crippen molar-refractivity contribution >= 4 is 17.0 Å². The summed E-state index contributed by atoms with van der Waals surface area (Å²) in [5, 5.41) is 6.74. The first kappa shape index (κ1) is 16.6. The van der Waals surface area contributed by atoms with Gasteiger partial charge in [0.05, 0.1) is 37.8 Å². The fraction of sp³-hybridized carbons (Fsp3) is 0.158. The Morgan fingerprint density at radius 2 is 1.92 bits per heavy atom. The lowest BCUT2D eigenvalue weighted by molar-refractivity contribution is 0.355. The van der Waals surface area contributed by atoms with E-state index in [2.05, 4.69) is 4.98 Å². The molecule has 3 heterocycles. The van der Waals surface area contributed by atoms with Crippen LogP contribution in [0.1, 0.15) is 16.6 Å². The van der Waals surface area contributed by atoms with Gasteiger partial charge in [0, 0.05) is 10.4 Å². The minimum absolute atomic E-state index is 0.264. The molecule has 0 amide bonds. The zero-order valence-electron chi connectivity index (χ0n) is 14.4. The number of hydrogen-bond donors (Lipinski definition) is 1. The van der Waals surface area contributed by atoms with Crippen molar-refractivity contribution in [2.45, 2.75) is 6.04 Å². The Hall–Kier alpha value is -2.90. The summed E-state index contributed by atoms with van der Waals surface area (Å²) in [5.74, 6) is 1.34. The third-order valence-corrected chi connectivity index (χ3v) is 5.19. The maximum atomic E-state index is 6.37. The van der Waals surface area contributed by atoms with Crippen molar-refractivity contribution in [2.24, 2.45) is 5.73 Å². The molecule has 4 rings (SSSR count). The molecule has 0 radical (unpaired) electrons. The summed E-state index contributed by atoms with van der Waals surface area (Å²) < 4.78 is 12.5. The minimum atomic E-state index is -0.264. The lowest BCUT2D eigenvalue weighted by Crippen LogP contribution is -2.14. The number of imidazole rings is 1. The molecule has 7 heteroatoms. The van der Waals surface area contributed by atoms with Gasteiger partial charge in [-0.1, -0.05) is 6.07 Å². The highest BCUT2D eigenvalue weighted by Crippen LogP contribution is 2.32. The molecule has 26 heavy (non-hydrogen) atoms. The van der Waals surface area contributed by atoms with E-state index < -0.39 is 0 Å². The van der Waals surface area contributed by atoms with Gasteiger partial charge in [-0.2, -0.15) is 5.10 Å². The monoisotopic (exact) mass is 366 g/mol. The van der Waals surface area contributed by atoms with Crippen LogP contribution < -0.4 is 15.2 Å². The zero-order valence-corrected chi connectivity index (χ0v) is 15.2. The fourth-order valence-corrected chi connectivity index (χ4v) is 3.60. The van der Waals surface area contributed by atoms with Crippen molar-refractivity contribution in [1.82, 2.24) is 14.6 Å². The first-order chi connectivity index (χ1) is 12.7. The SMILES string of the molecule is COc1ccc(-c2cnc3ccc(C(N)c4cccs4)nn23)cc1OC. The van der Waals surface area contributed by atoms with E-state index in [1.807, 2.05) is 52.4 Å². The molecule has 3 aromatic heterocycles. The molecule has 1 atom stereocenters. The molecule has 1 unspecified atom stereocenters. The normalized spacial score (nSPS) is 12.3. The van der Waals surface area contributed by atoms with E-state index >= 15 is 0 Å². The number of nitrogens with zero attached hydrogens (tertiary/aromatic N) is 3. The largest absolute Gasteiger partial charge is 0.493 e. The second kappa shape index (κ2) is 6.78. The van der Waals surface area contributed by atoms with Crippen LogP contribution in [0.4, 0.5) is 0 Å². The summed E-state index contributed by atoms with van der Waals surface area (Å²) in [6, 6.07) is 13.3. The summed E-state index contributed by atoms with van der Waals surface area (Å²) in [5.41, 5.74) is 9.72. The first-order valence-corrected chi connectivity index (χ1v) is 8.95. The van der Waals surface area contributed by atoms with E-state index in [1.165, 1.54) is 0 Å². The van der Waals surface area contributed by atoms with Gasteiger partial charge in [-0.15, -0.1) is 11.3 Å². The van der Waals surface area contributed by atoms with Gasteiger partial charge >= 0.3 is 0 Å². The van der Waals surface area contributed by atoms with Gasteiger partial charge in [0.15, 0.2) is 17.1 Å². The molecule has 1 aromatic carbocycles. The third kappa shape index (κ3) is 2.81. The van der Waals surface area contributed by atoms with E-state index in [0.717, 1.165) is 27.5 Å². The van der Waals surface area contributed by atoms with Crippen LogP contribution in [-0.4, -0.2) is 28.8 Å². The highest BCUT2D eigenvalue weighted by molar-refractivity contribution is 7.10. The highest BCUT2D eigenvalue weighted by atomic mass is 32.1. The number of hydrogen-bond acceptors (Lipinski definition) is 6. The lowest BCUT2D eigenvalue weighted by Gasteiger charge is -2.11. The van der Waals surface area contributed by atoms with Gasteiger partial charge in [0.1, 0.15) is 0 Å². The average Bonchev–Trinajstić information content (AvgIpc) is 3.36. The van der Waals surface area contributed by atoms with Crippen molar-refractivity contribution in [2.75, 3.05) is 14.2 Å². The van der Waals surface area contributed by atoms with Crippen LogP contribution >= 0.6 is 11.3 Å². The third-order valence-electron chi connectivity index (χ3n) is 4.23. The highest BCUT2D eigenvalue weighted by Gasteiger charge is 2.15. The summed E-state index contributed by atoms with van der Waals surface area (Å²) in [7, 11) is 3.23. The Morgan fingerprint density at radius 1 is 1.08 bits per heavy atom. The summed E-state index contributed by atoms with van der Waals surface area (Å²) in [6.45, 7) is 0. The molecule has 132 valence electrons. The van der Waals surface area contributed by atoms with Crippen molar-refractivity contribution in [3.05, 3.63) is 64.6 Å². The van der Waals surface area contributed by atoms with Crippen LogP contribution in [0.15, 0.2) is 54.0 Å².